The number of hydrogen-bond acceptors (Lipinski definition) is 3. The summed E-state index contributed by atoms with van der Waals surface area (Å²) in [6.45, 7) is 0.389. The molecular weight excluding hydrogens is 244 g/mol. The Hall–Kier alpha value is -2.04. The lowest BCUT2D eigenvalue weighted by Crippen LogP contribution is -2.20. The van der Waals surface area contributed by atoms with E-state index in [2.05, 4.69) is 10.0 Å². The van der Waals surface area contributed by atoms with Crippen molar-refractivity contribution in [3.05, 3.63) is 39.8 Å². The minimum absolute atomic E-state index is 0.0741. The number of fused-ring (bicyclic) bond motifs is 1. The smallest absolute Gasteiger partial charge is 0.231 e. The van der Waals surface area contributed by atoms with Crippen molar-refractivity contribution < 1.29 is 9.90 Å². The van der Waals surface area contributed by atoms with Gasteiger partial charge in [-0.2, -0.15) is 0 Å². The van der Waals surface area contributed by atoms with Crippen LogP contribution in [0.25, 0.3) is 10.4 Å². The van der Waals surface area contributed by atoms with Crippen LogP contribution in [0.5, 0.6) is 0 Å². The highest BCUT2D eigenvalue weighted by Crippen LogP contribution is 2.31. The van der Waals surface area contributed by atoms with Crippen molar-refractivity contribution in [1.29, 1.82) is 0 Å². The van der Waals surface area contributed by atoms with Crippen molar-refractivity contribution in [1.82, 2.24) is 0 Å². The van der Waals surface area contributed by atoms with Gasteiger partial charge in [0, 0.05) is 24.2 Å². The number of aliphatic hydroxyl groups is 1. The second kappa shape index (κ2) is 5.73. The van der Waals surface area contributed by atoms with Crippen LogP contribution in [0.2, 0.25) is 0 Å². The maximum absolute atomic E-state index is 11.6. The van der Waals surface area contributed by atoms with Crippen molar-refractivity contribution in [2.24, 2.45) is 5.11 Å². The summed E-state index contributed by atoms with van der Waals surface area (Å²) in [5.41, 5.74) is 10.8. The molecule has 1 aliphatic rings. The second-order valence-electron chi connectivity index (χ2n) is 4.63. The summed E-state index contributed by atoms with van der Waals surface area (Å²) in [6.07, 6.45) is 0.994. The van der Waals surface area contributed by atoms with Crippen LogP contribution in [0.3, 0.4) is 0 Å². The fraction of sp³-hybridized carbons (Fsp3) is 0.462. The molecule has 0 aromatic heterocycles. The van der Waals surface area contributed by atoms with Gasteiger partial charge in [-0.05, 0) is 35.6 Å². The molecule has 0 radical (unpaired) electrons. The zero-order valence-electron chi connectivity index (χ0n) is 10.8. The molecule has 0 bridgehead atoms. The Morgan fingerprint density at radius 1 is 1.58 bits per heavy atom. The maximum atomic E-state index is 11.6. The highest BCUT2D eigenvalue weighted by molar-refractivity contribution is 6.00. The lowest BCUT2D eigenvalue weighted by Gasteiger charge is -2.13. The number of benzene rings is 1. The van der Waals surface area contributed by atoms with Gasteiger partial charge in [0.05, 0.1) is 12.5 Å². The first-order valence-corrected chi connectivity index (χ1v) is 6.22. The lowest BCUT2D eigenvalue weighted by molar-refractivity contribution is -0.117. The molecule has 1 aliphatic heterocycles. The normalized spacial score (nSPS) is 15.1. The number of nitrogens with zero attached hydrogens (tertiary/aromatic N) is 4. The van der Waals surface area contributed by atoms with Gasteiger partial charge in [-0.25, -0.2) is 0 Å². The quantitative estimate of drug-likeness (QED) is 0.381. The van der Waals surface area contributed by atoms with Gasteiger partial charge >= 0.3 is 0 Å². The number of anilines is 1. The molecule has 1 aromatic carbocycles. The highest BCUT2D eigenvalue weighted by atomic mass is 16.3. The van der Waals surface area contributed by atoms with E-state index in [0.717, 1.165) is 16.8 Å². The monoisotopic (exact) mass is 260 g/mol. The topological polar surface area (TPSA) is 89.3 Å². The molecular formula is C13H16N4O2. The third-order valence-corrected chi connectivity index (χ3v) is 3.36. The molecule has 6 heteroatoms. The van der Waals surface area contributed by atoms with Gasteiger partial charge in [-0.15, -0.1) is 0 Å². The van der Waals surface area contributed by atoms with Crippen LogP contribution in [0.4, 0.5) is 5.69 Å². The molecule has 0 spiro atoms. The third kappa shape index (κ3) is 2.86. The zero-order valence-corrected chi connectivity index (χ0v) is 10.8. The number of carbonyl (C=O) groups is 1. The molecule has 2 rings (SSSR count). The zero-order chi connectivity index (χ0) is 13.8. The lowest BCUT2D eigenvalue weighted by atomic mass is 10.0. The third-order valence-electron chi connectivity index (χ3n) is 3.36. The predicted octanol–water partition coefficient (Wildman–Crippen LogP) is 2.33. The van der Waals surface area contributed by atoms with E-state index in [-0.39, 0.29) is 5.91 Å². The number of carbonyl (C=O) groups excluding carboxylic acids is 1. The van der Waals surface area contributed by atoms with E-state index in [1.807, 2.05) is 18.2 Å². The molecule has 1 unspecified atom stereocenters. The van der Waals surface area contributed by atoms with E-state index in [1.165, 1.54) is 0 Å². The van der Waals surface area contributed by atoms with Crippen molar-refractivity contribution in [3.8, 4) is 0 Å². The summed E-state index contributed by atoms with van der Waals surface area (Å²) >= 11 is 0. The average Bonchev–Trinajstić information content (AvgIpc) is 2.69. The van der Waals surface area contributed by atoms with Gasteiger partial charge < -0.3 is 10.0 Å². The minimum atomic E-state index is -0.583. The molecule has 100 valence electrons. The largest absolute Gasteiger partial charge is 0.388 e. The first kappa shape index (κ1) is 13.4. The fourth-order valence-electron chi connectivity index (χ4n) is 2.26. The first-order valence-electron chi connectivity index (χ1n) is 6.22. The van der Waals surface area contributed by atoms with Crippen LogP contribution < -0.4 is 4.90 Å². The Bertz CT molecular complexity index is 537. The second-order valence-corrected chi connectivity index (χ2v) is 4.63. The Morgan fingerprint density at radius 2 is 2.37 bits per heavy atom. The first-order chi connectivity index (χ1) is 9.13. The number of likely N-dealkylation sites (N-methyl/N-ethyl adjacent to an activating group) is 1. The van der Waals surface area contributed by atoms with Crippen LogP contribution in [-0.2, 0) is 11.2 Å². The summed E-state index contributed by atoms with van der Waals surface area (Å²) < 4.78 is 0. The average molecular weight is 260 g/mol. The van der Waals surface area contributed by atoms with E-state index < -0.39 is 6.10 Å². The van der Waals surface area contributed by atoms with Crippen LogP contribution in [0, 0.1) is 0 Å². The van der Waals surface area contributed by atoms with E-state index >= 15 is 0 Å². The van der Waals surface area contributed by atoms with Crippen molar-refractivity contribution in [3.63, 3.8) is 0 Å². The summed E-state index contributed by atoms with van der Waals surface area (Å²) in [7, 11) is 1.75. The van der Waals surface area contributed by atoms with Gasteiger partial charge in [-0.1, -0.05) is 17.2 Å². The number of hydrogen-bond donors (Lipinski definition) is 1. The van der Waals surface area contributed by atoms with Gasteiger partial charge in [-0.3, -0.25) is 4.79 Å². The van der Waals surface area contributed by atoms with E-state index in [4.69, 9.17) is 5.53 Å². The van der Waals surface area contributed by atoms with Crippen LogP contribution >= 0.6 is 0 Å². The number of aliphatic hydroxyl groups excluding tert-OH is 1. The van der Waals surface area contributed by atoms with Gasteiger partial charge in [0.15, 0.2) is 0 Å². The summed E-state index contributed by atoms with van der Waals surface area (Å²) in [5.74, 6) is 0.0741. The van der Waals surface area contributed by atoms with Gasteiger partial charge in [0.2, 0.25) is 5.91 Å². The summed E-state index contributed by atoms with van der Waals surface area (Å²) in [4.78, 5) is 15.9. The van der Waals surface area contributed by atoms with Crippen molar-refractivity contribution in [2.75, 3.05) is 18.5 Å². The van der Waals surface area contributed by atoms with Crippen molar-refractivity contribution >= 4 is 11.6 Å². The number of rotatable bonds is 5. The molecule has 19 heavy (non-hydrogen) atoms. The summed E-state index contributed by atoms with van der Waals surface area (Å²) in [6, 6.07) is 5.59. The molecule has 1 amide bonds. The molecule has 1 aromatic rings. The Morgan fingerprint density at radius 3 is 3.11 bits per heavy atom. The summed E-state index contributed by atoms with van der Waals surface area (Å²) in [5, 5.41) is 13.5. The van der Waals surface area contributed by atoms with Gasteiger partial charge in [0.25, 0.3) is 0 Å². The molecule has 0 saturated heterocycles. The number of amides is 1. The Balaban J connectivity index is 2.04. The standard InChI is InChI=1S/C13H16N4O2/c1-17-11-5-4-9(7-10(11)8-13(17)19)12(18)3-2-6-15-16-14/h4-5,7,12,18H,2-3,6,8H2,1H3. The molecule has 1 atom stereocenters. The van der Waals surface area contributed by atoms with Crippen LogP contribution in [0.1, 0.15) is 30.1 Å². The van der Waals surface area contributed by atoms with E-state index in [0.29, 0.717) is 25.8 Å². The molecule has 1 heterocycles. The van der Waals surface area contributed by atoms with Crippen molar-refractivity contribution in [2.45, 2.75) is 25.4 Å². The van der Waals surface area contributed by atoms with E-state index in [1.54, 1.807) is 11.9 Å². The molecule has 0 aliphatic carbocycles. The Labute approximate surface area is 111 Å². The van der Waals surface area contributed by atoms with Crippen LogP contribution in [0.15, 0.2) is 23.3 Å². The minimum Gasteiger partial charge on any atom is -0.388 e. The molecule has 6 nitrogen and oxygen atoms in total. The predicted molar refractivity (Wildman–Crippen MR) is 71.8 cm³/mol. The van der Waals surface area contributed by atoms with Gasteiger partial charge in [0.1, 0.15) is 0 Å². The molecule has 0 fully saturated rings. The highest BCUT2D eigenvalue weighted by Gasteiger charge is 2.24. The Kier molecular flexibility index (Phi) is 4.04. The maximum Gasteiger partial charge on any atom is 0.231 e. The molecule has 0 saturated carbocycles. The SMILES string of the molecule is CN1C(=O)Cc2cc(C(O)CCCN=[N+]=[N-])ccc21. The molecule has 1 N–H and O–H groups in total. The van der Waals surface area contributed by atoms with E-state index in [9.17, 15) is 9.90 Å². The fourth-order valence-corrected chi connectivity index (χ4v) is 2.26. The van der Waals surface area contributed by atoms with Crippen LogP contribution in [-0.4, -0.2) is 24.6 Å². The number of azide groups is 1.